The van der Waals surface area contributed by atoms with Crippen molar-refractivity contribution < 1.29 is 4.79 Å². The normalized spacial score (nSPS) is 20.8. The molecule has 1 aromatic carbocycles. The first-order valence-corrected chi connectivity index (χ1v) is 7.52. The van der Waals surface area contributed by atoms with Crippen molar-refractivity contribution in [3.63, 3.8) is 0 Å². The largest absolute Gasteiger partial charge is 0.335 e. The third-order valence-electron chi connectivity index (χ3n) is 4.11. The molecule has 1 N–H and O–H groups in total. The highest BCUT2D eigenvalue weighted by Crippen LogP contribution is 2.21. The molecule has 4 nitrogen and oxygen atoms in total. The fourth-order valence-electron chi connectivity index (χ4n) is 2.94. The van der Waals surface area contributed by atoms with Crippen molar-refractivity contribution in [2.45, 2.75) is 13.0 Å². The van der Waals surface area contributed by atoms with E-state index >= 15 is 0 Å². The van der Waals surface area contributed by atoms with Crippen molar-refractivity contribution in [3.05, 3.63) is 34.3 Å². The maximum absolute atomic E-state index is 12.4. The van der Waals surface area contributed by atoms with Gasteiger partial charge in [-0.2, -0.15) is 0 Å². The third kappa shape index (κ3) is 2.82. The SMILES string of the molecule is Cc1cc(Cl)cc(C(=O)N2CC(N3CCNCC3)C2)c1. The number of rotatable bonds is 2. The van der Waals surface area contributed by atoms with Crippen molar-refractivity contribution in [1.29, 1.82) is 0 Å². The minimum atomic E-state index is 0.0991. The number of amides is 1. The molecule has 0 spiro atoms. The average Bonchev–Trinajstić information content (AvgIpc) is 2.37. The predicted molar refractivity (Wildman–Crippen MR) is 80.3 cm³/mol. The van der Waals surface area contributed by atoms with E-state index in [2.05, 4.69) is 10.2 Å². The maximum atomic E-state index is 12.4. The Morgan fingerprint density at radius 1 is 1.25 bits per heavy atom. The lowest BCUT2D eigenvalue weighted by atomic mass is 10.0. The van der Waals surface area contributed by atoms with Crippen LogP contribution in [0.1, 0.15) is 15.9 Å². The van der Waals surface area contributed by atoms with Gasteiger partial charge in [0.05, 0.1) is 0 Å². The number of carbonyl (C=O) groups is 1. The van der Waals surface area contributed by atoms with E-state index in [-0.39, 0.29) is 5.91 Å². The zero-order chi connectivity index (χ0) is 14.1. The molecule has 0 aromatic heterocycles. The van der Waals surface area contributed by atoms with Crippen LogP contribution in [0.25, 0.3) is 0 Å². The fraction of sp³-hybridized carbons (Fsp3) is 0.533. The molecule has 0 aliphatic carbocycles. The van der Waals surface area contributed by atoms with Gasteiger partial charge in [-0.1, -0.05) is 11.6 Å². The second-order valence-electron chi connectivity index (χ2n) is 5.67. The van der Waals surface area contributed by atoms with Crippen LogP contribution < -0.4 is 5.32 Å². The zero-order valence-corrected chi connectivity index (χ0v) is 12.5. The summed E-state index contributed by atoms with van der Waals surface area (Å²) in [5.74, 6) is 0.0991. The Morgan fingerprint density at radius 2 is 1.95 bits per heavy atom. The molecule has 5 heteroatoms. The maximum Gasteiger partial charge on any atom is 0.254 e. The molecule has 0 bridgehead atoms. The van der Waals surface area contributed by atoms with Crippen molar-refractivity contribution in [2.75, 3.05) is 39.3 Å². The van der Waals surface area contributed by atoms with E-state index in [0.29, 0.717) is 16.6 Å². The quantitative estimate of drug-likeness (QED) is 0.895. The Kier molecular flexibility index (Phi) is 3.96. The van der Waals surface area contributed by atoms with E-state index in [4.69, 9.17) is 11.6 Å². The van der Waals surface area contributed by atoms with Gasteiger partial charge in [0.1, 0.15) is 0 Å². The standard InChI is InChI=1S/C15H20ClN3O/c1-11-6-12(8-13(16)7-11)15(20)19-9-14(10-19)18-4-2-17-3-5-18/h6-8,14,17H,2-5,9-10H2,1H3. The number of nitrogens with zero attached hydrogens (tertiary/aromatic N) is 2. The van der Waals surface area contributed by atoms with E-state index in [1.54, 1.807) is 6.07 Å². The number of carbonyl (C=O) groups excluding carboxylic acids is 1. The van der Waals surface area contributed by atoms with E-state index < -0.39 is 0 Å². The summed E-state index contributed by atoms with van der Waals surface area (Å²) in [4.78, 5) is 16.8. The Labute approximate surface area is 124 Å². The number of aryl methyl sites for hydroxylation is 1. The van der Waals surface area contributed by atoms with Crippen LogP contribution in [-0.4, -0.2) is 61.0 Å². The summed E-state index contributed by atoms with van der Waals surface area (Å²) in [5, 5.41) is 3.99. The Bertz CT molecular complexity index is 488. The lowest BCUT2D eigenvalue weighted by Crippen LogP contribution is -2.63. The van der Waals surface area contributed by atoms with Crippen LogP contribution in [0.5, 0.6) is 0 Å². The summed E-state index contributed by atoms with van der Waals surface area (Å²) < 4.78 is 0. The summed E-state index contributed by atoms with van der Waals surface area (Å²) in [5.41, 5.74) is 1.73. The zero-order valence-electron chi connectivity index (χ0n) is 11.7. The number of likely N-dealkylation sites (tertiary alicyclic amines) is 1. The first kappa shape index (κ1) is 13.9. The summed E-state index contributed by atoms with van der Waals surface area (Å²) in [6.07, 6.45) is 0. The molecule has 1 amide bonds. The number of nitrogens with one attached hydrogen (secondary N) is 1. The van der Waals surface area contributed by atoms with Crippen LogP contribution in [0.4, 0.5) is 0 Å². The van der Waals surface area contributed by atoms with Gasteiger partial charge < -0.3 is 10.2 Å². The second kappa shape index (κ2) is 5.72. The van der Waals surface area contributed by atoms with Gasteiger partial charge in [-0.15, -0.1) is 0 Å². The Balaban J connectivity index is 1.60. The fourth-order valence-corrected chi connectivity index (χ4v) is 3.23. The van der Waals surface area contributed by atoms with E-state index in [1.165, 1.54) is 0 Å². The summed E-state index contributed by atoms with van der Waals surface area (Å²) in [6.45, 7) is 7.92. The van der Waals surface area contributed by atoms with Crippen molar-refractivity contribution in [3.8, 4) is 0 Å². The number of halogens is 1. The molecule has 3 rings (SSSR count). The summed E-state index contributed by atoms with van der Waals surface area (Å²) in [6, 6.07) is 6.07. The summed E-state index contributed by atoms with van der Waals surface area (Å²) in [7, 11) is 0. The highest BCUT2D eigenvalue weighted by Gasteiger charge is 2.35. The number of benzene rings is 1. The molecule has 0 atom stereocenters. The van der Waals surface area contributed by atoms with Crippen molar-refractivity contribution in [1.82, 2.24) is 15.1 Å². The number of hydrogen-bond donors (Lipinski definition) is 1. The number of piperazine rings is 1. The Hall–Kier alpha value is -1.10. The van der Waals surface area contributed by atoms with Gasteiger partial charge >= 0.3 is 0 Å². The molecule has 2 aliphatic heterocycles. The van der Waals surface area contributed by atoms with Gasteiger partial charge in [0, 0.05) is 55.9 Å². The molecular formula is C15H20ClN3O. The van der Waals surface area contributed by atoms with Gasteiger partial charge in [0.25, 0.3) is 5.91 Å². The first-order chi connectivity index (χ1) is 9.63. The van der Waals surface area contributed by atoms with Gasteiger partial charge in [-0.25, -0.2) is 0 Å². The van der Waals surface area contributed by atoms with E-state index in [9.17, 15) is 4.79 Å². The molecule has 2 saturated heterocycles. The van der Waals surface area contributed by atoms with Gasteiger partial charge in [-0.05, 0) is 30.7 Å². The van der Waals surface area contributed by atoms with Crippen molar-refractivity contribution in [2.24, 2.45) is 0 Å². The van der Waals surface area contributed by atoms with Crippen molar-refractivity contribution >= 4 is 17.5 Å². The van der Waals surface area contributed by atoms with Gasteiger partial charge in [0.15, 0.2) is 0 Å². The van der Waals surface area contributed by atoms with Crippen LogP contribution in [-0.2, 0) is 0 Å². The minimum absolute atomic E-state index is 0.0991. The highest BCUT2D eigenvalue weighted by atomic mass is 35.5. The van der Waals surface area contributed by atoms with E-state index in [0.717, 1.165) is 44.8 Å². The number of hydrogen-bond acceptors (Lipinski definition) is 3. The third-order valence-corrected chi connectivity index (χ3v) is 4.32. The van der Waals surface area contributed by atoms with Crippen LogP contribution in [0.3, 0.4) is 0 Å². The lowest BCUT2D eigenvalue weighted by Gasteiger charge is -2.46. The molecule has 1 aromatic rings. The van der Waals surface area contributed by atoms with Gasteiger partial charge in [-0.3, -0.25) is 9.69 Å². The van der Waals surface area contributed by atoms with Gasteiger partial charge in [0.2, 0.25) is 0 Å². The molecule has 20 heavy (non-hydrogen) atoms. The predicted octanol–water partition coefficient (Wildman–Crippen LogP) is 1.38. The topological polar surface area (TPSA) is 35.6 Å². The minimum Gasteiger partial charge on any atom is -0.335 e. The summed E-state index contributed by atoms with van der Waals surface area (Å²) >= 11 is 6.02. The molecule has 0 unspecified atom stereocenters. The monoisotopic (exact) mass is 293 g/mol. The molecule has 0 radical (unpaired) electrons. The smallest absolute Gasteiger partial charge is 0.254 e. The molecule has 2 aliphatic rings. The molecular weight excluding hydrogens is 274 g/mol. The lowest BCUT2D eigenvalue weighted by molar-refractivity contribution is 0.0227. The Morgan fingerprint density at radius 3 is 2.60 bits per heavy atom. The van der Waals surface area contributed by atoms with Crippen LogP contribution in [0, 0.1) is 6.92 Å². The average molecular weight is 294 g/mol. The van der Waals surface area contributed by atoms with Crippen LogP contribution in [0.2, 0.25) is 5.02 Å². The molecule has 0 saturated carbocycles. The molecule has 2 fully saturated rings. The van der Waals surface area contributed by atoms with Crippen LogP contribution in [0.15, 0.2) is 18.2 Å². The van der Waals surface area contributed by atoms with Crippen LogP contribution >= 0.6 is 11.6 Å². The highest BCUT2D eigenvalue weighted by molar-refractivity contribution is 6.31. The first-order valence-electron chi connectivity index (χ1n) is 7.15. The molecule has 2 heterocycles. The second-order valence-corrected chi connectivity index (χ2v) is 6.10. The van der Waals surface area contributed by atoms with E-state index in [1.807, 2.05) is 24.0 Å². The molecule has 108 valence electrons.